The number of hydrogen-bond donors (Lipinski definition) is 0. The van der Waals surface area contributed by atoms with Crippen LogP contribution in [0.15, 0.2) is 65.6 Å². The first kappa shape index (κ1) is 34.1. The fourth-order valence-corrected chi connectivity index (χ4v) is 5.84. The summed E-state index contributed by atoms with van der Waals surface area (Å²) in [5.74, 6) is 1.46. The van der Waals surface area contributed by atoms with Gasteiger partial charge in [0.05, 0.1) is 24.2 Å². The number of phosphoric acid groups is 1. The lowest BCUT2D eigenvalue weighted by atomic mass is 10.1. The molecule has 2 atom stereocenters. The predicted molar refractivity (Wildman–Crippen MR) is 164 cm³/mol. The summed E-state index contributed by atoms with van der Waals surface area (Å²) in [6, 6.07) is 14.5. The summed E-state index contributed by atoms with van der Waals surface area (Å²) in [6.07, 6.45) is 14.0. The van der Waals surface area contributed by atoms with Crippen LogP contribution in [0.3, 0.4) is 0 Å². The molecular weight excluding hydrogens is 573 g/mol. The SMILES string of the molecule is CCCCCCCCCCCCOc1ccccc1OCC(COP(=O)([O-])Oc1ccccc1C[n+]1ccsc1)OC. The summed E-state index contributed by atoms with van der Waals surface area (Å²) in [4.78, 5) is 12.6. The Bertz CT molecular complexity index is 1180. The molecule has 3 aromatic rings. The van der Waals surface area contributed by atoms with E-state index in [0.29, 0.717) is 24.7 Å². The van der Waals surface area contributed by atoms with Crippen molar-refractivity contribution in [3.63, 3.8) is 0 Å². The van der Waals surface area contributed by atoms with Crippen molar-refractivity contribution in [2.24, 2.45) is 0 Å². The topological polar surface area (TPSA) is 90.2 Å². The Kier molecular flexibility index (Phi) is 16.0. The van der Waals surface area contributed by atoms with E-state index < -0.39 is 13.9 Å². The molecule has 0 bridgehead atoms. The summed E-state index contributed by atoms with van der Waals surface area (Å²) in [7, 11) is -3.18. The van der Waals surface area contributed by atoms with Crippen molar-refractivity contribution in [1.29, 1.82) is 0 Å². The summed E-state index contributed by atoms with van der Waals surface area (Å²) < 4.78 is 42.4. The van der Waals surface area contributed by atoms with Gasteiger partial charge in [-0.15, -0.1) is 0 Å². The van der Waals surface area contributed by atoms with Crippen LogP contribution >= 0.6 is 19.2 Å². The van der Waals surface area contributed by atoms with Crippen molar-refractivity contribution >= 4 is 19.2 Å². The molecule has 0 N–H and O–H groups in total. The van der Waals surface area contributed by atoms with E-state index in [1.807, 2.05) is 58.1 Å². The molecule has 42 heavy (non-hydrogen) atoms. The minimum atomic E-state index is -4.66. The van der Waals surface area contributed by atoms with Crippen molar-refractivity contribution in [3.8, 4) is 17.2 Å². The molecule has 0 saturated carbocycles. The standard InChI is InChI=1S/C32H46NO7PS/c1-3-4-5-6-7-8-9-10-11-16-22-37-31-19-14-15-20-32(31)38-25-29(36-2)26-39-41(34,35)40-30-18-13-12-17-28(30)24-33-21-23-42-27-33/h12-15,17-21,23,27,29H,3-11,16,22,24-26H2,1-2H3. The molecule has 1 heterocycles. The Hall–Kier alpha value is -2.42. The number of unbranched alkanes of at least 4 members (excludes halogenated alkanes) is 9. The maximum atomic E-state index is 12.6. The molecule has 0 aliphatic rings. The Morgan fingerprint density at radius 2 is 1.45 bits per heavy atom. The number of thiazole rings is 1. The van der Waals surface area contributed by atoms with Crippen LogP contribution in [0.1, 0.15) is 76.7 Å². The Morgan fingerprint density at radius 1 is 0.833 bits per heavy atom. The molecule has 2 aromatic carbocycles. The van der Waals surface area contributed by atoms with E-state index >= 15 is 0 Å². The fraction of sp³-hybridized carbons (Fsp3) is 0.531. The summed E-state index contributed by atoms with van der Waals surface area (Å²) in [5, 5.41) is 1.95. The third kappa shape index (κ3) is 13.3. The Balaban J connectivity index is 1.38. The predicted octanol–water partition coefficient (Wildman–Crippen LogP) is 7.34. The van der Waals surface area contributed by atoms with Crippen molar-refractivity contribution in [1.82, 2.24) is 0 Å². The van der Waals surface area contributed by atoms with Crippen molar-refractivity contribution in [2.45, 2.75) is 83.8 Å². The minimum absolute atomic E-state index is 0.0838. The molecule has 0 spiro atoms. The second-order valence-electron chi connectivity index (χ2n) is 10.3. The van der Waals surface area contributed by atoms with E-state index in [4.69, 9.17) is 23.3 Å². The number of nitrogens with zero attached hydrogens (tertiary/aromatic N) is 1. The lowest BCUT2D eigenvalue weighted by Crippen LogP contribution is -2.31. The van der Waals surface area contributed by atoms with Gasteiger partial charge in [-0.05, 0) is 30.7 Å². The number of para-hydroxylation sites is 3. The Morgan fingerprint density at radius 3 is 2.10 bits per heavy atom. The van der Waals surface area contributed by atoms with Gasteiger partial charge in [0, 0.05) is 7.11 Å². The first-order valence-corrected chi connectivity index (χ1v) is 17.4. The van der Waals surface area contributed by atoms with Gasteiger partial charge in [-0.3, -0.25) is 4.57 Å². The zero-order valence-corrected chi connectivity index (χ0v) is 26.7. The fourth-order valence-electron chi connectivity index (χ4n) is 4.42. The van der Waals surface area contributed by atoms with E-state index in [-0.39, 0.29) is 19.0 Å². The summed E-state index contributed by atoms with van der Waals surface area (Å²) in [5.41, 5.74) is 2.66. The van der Waals surface area contributed by atoms with Crippen LogP contribution in [0, 0.1) is 0 Å². The summed E-state index contributed by atoms with van der Waals surface area (Å²) in [6.45, 7) is 3.19. The summed E-state index contributed by atoms with van der Waals surface area (Å²) >= 11 is 1.55. The van der Waals surface area contributed by atoms with Gasteiger partial charge in [0.1, 0.15) is 18.5 Å². The number of aromatic nitrogens is 1. The molecule has 0 saturated heterocycles. The molecule has 8 nitrogen and oxygen atoms in total. The lowest BCUT2D eigenvalue weighted by molar-refractivity contribution is -0.683. The highest BCUT2D eigenvalue weighted by atomic mass is 32.1. The van der Waals surface area contributed by atoms with Crippen LogP contribution in [0.25, 0.3) is 0 Å². The van der Waals surface area contributed by atoms with Gasteiger partial charge in [-0.1, -0.05) is 100 Å². The highest BCUT2D eigenvalue weighted by Crippen LogP contribution is 2.41. The number of ether oxygens (including phenoxy) is 3. The van der Waals surface area contributed by atoms with E-state index in [1.165, 1.54) is 58.5 Å². The zero-order chi connectivity index (χ0) is 29.9. The van der Waals surface area contributed by atoms with Crippen molar-refractivity contribution in [3.05, 3.63) is 71.2 Å². The molecule has 0 radical (unpaired) electrons. The number of methoxy groups -OCH3 is 1. The molecular formula is C32H46NO7PS. The molecule has 0 fully saturated rings. The number of hydrogen-bond acceptors (Lipinski definition) is 8. The minimum Gasteiger partial charge on any atom is -0.746 e. The smallest absolute Gasteiger partial charge is 0.319 e. The third-order valence-electron chi connectivity index (χ3n) is 6.84. The van der Waals surface area contributed by atoms with Gasteiger partial charge in [0.15, 0.2) is 24.2 Å². The van der Waals surface area contributed by atoms with Gasteiger partial charge < -0.3 is 28.2 Å². The average Bonchev–Trinajstić information content (AvgIpc) is 3.50. The van der Waals surface area contributed by atoms with E-state index in [2.05, 4.69) is 6.92 Å². The second kappa shape index (κ2) is 19.7. The third-order valence-corrected chi connectivity index (χ3v) is 8.40. The monoisotopic (exact) mass is 619 g/mol. The lowest BCUT2D eigenvalue weighted by Gasteiger charge is -2.26. The Labute approximate surface area is 255 Å². The van der Waals surface area contributed by atoms with Crippen LogP contribution < -0.4 is 23.5 Å². The second-order valence-corrected chi connectivity index (χ2v) is 12.4. The van der Waals surface area contributed by atoms with Gasteiger partial charge >= 0.3 is 7.82 Å². The molecule has 0 amide bonds. The van der Waals surface area contributed by atoms with Gasteiger partial charge in [-0.25, -0.2) is 0 Å². The van der Waals surface area contributed by atoms with Crippen molar-refractivity contribution < 1.29 is 37.3 Å². The first-order chi connectivity index (χ1) is 20.5. The molecule has 0 aliphatic carbocycles. The normalized spacial score (nSPS) is 13.4. The van der Waals surface area contributed by atoms with Crippen LogP contribution in [0.4, 0.5) is 0 Å². The molecule has 232 valence electrons. The van der Waals surface area contributed by atoms with Crippen LogP contribution in [0.5, 0.6) is 17.2 Å². The van der Waals surface area contributed by atoms with Crippen LogP contribution in [0.2, 0.25) is 0 Å². The van der Waals surface area contributed by atoms with Crippen LogP contribution in [-0.2, 0) is 20.4 Å². The molecule has 3 rings (SSSR count). The van der Waals surface area contributed by atoms with E-state index in [1.54, 1.807) is 23.5 Å². The molecule has 10 heteroatoms. The highest BCUT2D eigenvalue weighted by Gasteiger charge is 2.20. The first-order valence-electron chi connectivity index (χ1n) is 15.0. The average molecular weight is 620 g/mol. The van der Waals surface area contributed by atoms with Gasteiger partial charge in [-0.2, -0.15) is 4.57 Å². The maximum absolute atomic E-state index is 12.6. The van der Waals surface area contributed by atoms with Gasteiger partial charge in [0.25, 0.3) is 0 Å². The number of rotatable bonds is 23. The van der Waals surface area contributed by atoms with Gasteiger partial charge in [0.2, 0.25) is 5.51 Å². The quantitative estimate of drug-likeness (QED) is 0.0623. The molecule has 0 aliphatic heterocycles. The highest BCUT2D eigenvalue weighted by molar-refractivity contribution is 7.46. The maximum Gasteiger partial charge on any atom is 0.319 e. The largest absolute Gasteiger partial charge is 0.746 e. The van der Waals surface area contributed by atoms with Crippen LogP contribution in [-0.4, -0.2) is 33.0 Å². The van der Waals surface area contributed by atoms with E-state index in [0.717, 1.165) is 18.4 Å². The number of benzene rings is 2. The van der Waals surface area contributed by atoms with Crippen molar-refractivity contribution in [2.75, 3.05) is 26.9 Å². The molecule has 1 aromatic heterocycles. The number of phosphoric ester groups is 1. The molecule has 2 unspecified atom stereocenters. The zero-order valence-electron chi connectivity index (χ0n) is 25.0. The van der Waals surface area contributed by atoms with E-state index in [9.17, 15) is 9.46 Å².